The van der Waals surface area contributed by atoms with Gasteiger partial charge in [-0.1, -0.05) is 42.4 Å². The SMILES string of the molecule is N#C/C(=C1/SC=C(c2cccs2)N1c1ccccc1)c1nnc2n1CCCCC2. The first-order valence-corrected chi connectivity index (χ1v) is 11.5. The van der Waals surface area contributed by atoms with E-state index in [4.69, 9.17) is 0 Å². The van der Waals surface area contributed by atoms with Crippen LogP contribution in [0.2, 0.25) is 0 Å². The molecule has 0 unspecified atom stereocenters. The number of fused-ring (bicyclic) bond motifs is 1. The lowest BCUT2D eigenvalue weighted by molar-refractivity contribution is 0.627. The highest BCUT2D eigenvalue weighted by Gasteiger charge is 2.30. The van der Waals surface area contributed by atoms with Crippen molar-refractivity contribution in [3.05, 3.63) is 74.8 Å². The van der Waals surface area contributed by atoms with E-state index in [1.165, 1.54) is 11.3 Å². The third-order valence-electron chi connectivity index (χ3n) is 5.17. The number of aromatic nitrogens is 3. The van der Waals surface area contributed by atoms with Crippen LogP contribution in [-0.4, -0.2) is 14.8 Å². The van der Waals surface area contributed by atoms with E-state index in [-0.39, 0.29) is 0 Å². The van der Waals surface area contributed by atoms with E-state index in [1.54, 1.807) is 23.1 Å². The molecule has 0 fully saturated rings. The zero-order valence-electron chi connectivity index (χ0n) is 15.8. The molecule has 0 atom stereocenters. The summed E-state index contributed by atoms with van der Waals surface area (Å²) in [6, 6.07) is 16.8. The van der Waals surface area contributed by atoms with E-state index in [1.807, 2.05) is 18.2 Å². The van der Waals surface area contributed by atoms with E-state index >= 15 is 0 Å². The number of allylic oxidation sites excluding steroid dienone is 1. The predicted octanol–water partition coefficient (Wildman–Crippen LogP) is 5.51. The first-order valence-electron chi connectivity index (χ1n) is 9.69. The number of thiophene rings is 1. The summed E-state index contributed by atoms with van der Waals surface area (Å²) < 4.78 is 2.14. The second kappa shape index (κ2) is 7.90. The van der Waals surface area contributed by atoms with Gasteiger partial charge in [0.25, 0.3) is 0 Å². The van der Waals surface area contributed by atoms with Crippen molar-refractivity contribution in [3.8, 4) is 6.07 Å². The van der Waals surface area contributed by atoms with Crippen LogP contribution in [0.25, 0.3) is 11.3 Å². The Morgan fingerprint density at radius 1 is 1.03 bits per heavy atom. The Hall–Kier alpha value is -2.82. The Morgan fingerprint density at radius 3 is 2.72 bits per heavy atom. The molecule has 2 aromatic heterocycles. The number of nitrogens with zero attached hydrogens (tertiary/aromatic N) is 5. The van der Waals surface area contributed by atoms with Crippen LogP contribution in [0.4, 0.5) is 5.69 Å². The van der Waals surface area contributed by atoms with Gasteiger partial charge >= 0.3 is 0 Å². The highest BCUT2D eigenvalue weighted by molar-refractivity contribution is 8.06. The molecular weight excluding hydrogens is 398 g/mol. The zero-order chi connectivity index (χ0) is 19.6. The summed E-state index contributed by atoms with van der Waals surface area (Å²) in [5.41, 5.74) is 2.72. The van der Waals surface area contributed by atoms with Gasteiger partial charge in [0.1, 0.15) is 22.5 Å². The number of rotatable bonds is 3. The number of benzene rings is 1. The molecule has 0 N–H and O–H groups in total. The van der Waals surface area contributed by atoms with Crippen LogP contribution >= 0.6 is 23.1 Å². The van der Waals surface area contributed by atoms with Gasteiger partial charge in [-0.3, -0.25) is 0 Å². The van der Waals surface area contributed by atoms with E-state index in [2.05, 4.69) is 60.8 Å². The van der Waals surface area contributed by atoms with Gasteiger partial charge in [-0.2, -0.15) is 5.26 Å². The number of hydrogen-bond donors (Lipinski definition) is 0. The number of hydrogen-bond acceptors (Lipinski definition) is 6. The average molecular weight is 418 g/mol. The van der Waals surface area contributed by atoms with Crippen molar-refractivity contribution in [1.82, 2.24) is 14.8 Å². The molecule has 0 saturated heterocycles. The van der Waals surface area contributed by atoms with Crippen LogP contribution in [-0.2, 0) is 13.0 Å². The van der Waals surface area contributed by atoms with Crippen molar-refractivity contribution < 1.29 is 0 Å². The van der Waals surface area contributed by atoms with Crippen molar-refractivity contribution in [3.63, 3.8) is 0 Å². The Bertz CT molecular complexity index is 1120. The van der Waals surface area contributed by atoms with Crippen molar-refractivity contribution >= 4 is 40.1 Å². The van der Waals surface area contributed by atoms with Crippen molar-refractivity contribution in [2.45, 2.75) is 32.2 Å². The predicted molar refractivity (Wildman–Crippen MR) is 119 cm³/mol. The Kier molecular flexibility index (Phi) is 4.96. The molecule has 3 aromatic rings. The number of para-hydroxylation sites is 1. The first kappa shape index (κ1) is 18.2. The van der Waals surface area contributed by atoms with Crippen LogP contribution < -0.4 is 4.90 Å². The van der Waals surface area contributed by atoms with Crippen LogP contribution in [0.1, 0.15) is 35.8 Å². The van der Waals surface area contributed by atoms with Gasteiger partial charge in [-0.05, 0) is 36.4 Å². The molecule has 144 valence electrons. The minimum Gasteiger partial charge on any atom is -0.310 e. The van der Waals surface area contributed by atoms with E-state index in [9.17, 15) is 5.26 Å². The van der Waals surface area contributed by atoms with E-state index in [0.29, 0.717) is 11.4 Å². The summed E-state index contributed by atoms with van der Waals surface area (Å²) in [5.74, 6) is 1.68. The molecule has 4 heterocycles. The Labute approximate surface area is 178 Å². The highest BCUT2D eigenvalue weighted by Crippen LogP contribution is 2.46. The standard InChI is InChI=1S/C22H19N5S2/c23-14-17(21-25-24-20-11-5-2-6-12-26(20)21)22-27(16-8-3-1-4-9-16)18(15-29-22)19-10-7-13-28-19/h1,3-4,7-10,13,15H,2,5-6,11-12H2/b22-17-. The molecule has 7 heteroatoms. The van der Waals surface area contributed by atoms with E-state index < -0.39 is 0 Å². The van der Waals surface area contributed by atoms with Crippen LogP contribution in [0.15, 0.2) is 58.3 Å². The fraction of sp³-hybridized carbons (Fsp3) is 0.227. The largest absolute Gasteiger partial charge is 0.310 e. The molecular formula is C22H19N5S2. The lowest BCUT2D eigenvalue weighted by Crippen LogP contribution is -2.17. The molecule has 0 radical (unpaired) electrons. The number of nitriles is 1. The summed E-state index contributed by atoms with van der Waals surface area (Å²) in [6.45, 7) is 0.872. The highest BCUT2D eigenvalue weighted by atomic mass is 32.2. The van der Waals surface area contributed by atoms with Crippen LogP contribution in [0, 0.1) is 11.3 Å². The quantitative estimate of drug-likeness (QED) is 0.526. The van der Waals surface area contributed by atoms with Gasteiger partial charge < -0.3 is 9.47 Å². The third-order valence-corrected chi connectivity index (χ3v) is 7.02. The number of thioether (sulfide) groups is 1. The Morgan fingerprint density at radius 2 is 1.93 bits per heavy atom. The number of aryl methyl sites for hydroxylation is 1. The molecule has 0 saturated carbocycles. The summed E-state index contributed by atoms with van der Waals surface area (Å²) in [6.07, 6.45) is 4.34. The van der Waals surface area contributed by atoms with Crippen molar-refractivity contribution in [2.75, 3.05) is 4.90 Å². The lowest BCUT2D eigenvalue weighted by atomic mass is 10.2. The lowest BCUT2D eigenvalue weighted by Gasteiger charge is -2.24. The minimum atomic E-state index is 0.585. The number of anilines is 1. The molecule has 0 amide bonds. The molecule has 5 nitrogen and oxygen atoms in total. The molecule has 0 bridgehead atoms. The zero-order valence-corrected chi connectivity index (χ0v) is 17.4. The average Bonchev–Trinajstić information content (AvgIpc) is 3.48. The summed E-state index contributed by atoms with van der Waals surface area (Å²) in [4.78, 5) is 3.35. The fourth-order valence-corrected chi connectivity index (χ4v) is 5.61. The van der Waals surface area contributed by atoms with Crippen molar-refractivity contribution in [1.29, 1.82) is 5.26 Å². The van der Waals surface area contributed by atoms with Crippen LogP contribution in [0.5, 0.6) is 0 Å². The maximum absolute atomic E-state index is 10.2. The molecule has 5 rings (SSSR count). The van der Waals surface area contributed by atoms with Gasteiger partial charge in [0, 0.05) is 24.1 Å². The van der Waals surface area contributed by atoms with E-state index in [0.717, 1.165) is 48.0 Å². The molecule has 1 aromatic carbocycles. The first-order chi connectivity index (χ1) is 14.4. The second-order valence-electron chi connectivity index (χ2n) is 6.96. The molecule has 0 aliphatic carbocycles. The minimum absolute atomic E-state index is 0.585. The van der Waals surface area contributed by atoms with Gasteiger partial charge in [0.15, 0.2) is 5.82 Å². The summed E-state index contributed by atoms with van der Waals surface area (Å²) in [7, 11) is 0. The van der Waals surface area contributed by atoms with Gasteiger partial charge in [-0.15, -0.1) is 21.5 Å². The summed E-state index contributed by atoms with van der Waals surface area (Å²) in [5, 5.41) is 24.1. The van der Waals surface area contributed by atoms with Gasteiger partial charge in [-0.25, -0.2) is 0 Å². The summed E-state index contributed by atoms with van der Waals surface area (Å²) >= 11 is 3.29. The van der Waals surface area contributed by atoms with Gasteiger partial charge in [0.05, 0.1) is 10.6 Å². The molecule has 0 spiro atoms. The third kappa shape index (κ3) is 3.28. The Balaban J connectivity index is 1.66. The normalized spacial score (nSPS) is 18.0. The maximum Gasteiger partial charge on any atom is 0.177 e. The molecule has 2 aliphatic rings. The topological polar surface area (TPSA) is 57.7 Å². The second-order valence-corrected chi connectivity index (χ2v) is 8.77. The maximum atomic E-state index is 10.2. The molecule has 2 aliphatic heterocycles. The van der Waals surface area contributed by atoms with Crippen molar-refractivity contribution in [2.24, 2.45) is 0 Å². The smallest absolute Gasteiger partial charge is 0.177 e. The fourth-order valence-electron chi connectivity index (χ4n) is 3.79. The van der Waals surface area contributed by atoms with Gasteiger partial charge in [0.2, 0.25) is 0 Å². The van der Waals surface area contributed by atoms with Crippen LogP contribution in [0.3, 0.4) is 0 Å². The monoisotopic (exact) mass is 417 g/mol. The molecule has 29 heavy (non-hydrogen) atoms.